The van der Waals surface area contributed by atoms with Gasteiger partial charge in [-0.2, -0.15) is 13.2 Å². The quantitative estimate of drug-likeness (QED) is 0.690. The van der Waals surface area contributed by atoms with Gasteiger partial charge in [0.1, 0.15) is 5.69 Å². The zero-order valence-corrected chi connectivity index (χ0v) is 14.2. The molecular weight excluding hydrogens is 357 g/mol. The molecule has 0 spiro atoms. The topological polar surface area (TPSA) is 66.9 Å². The molecule has 3 rings (SSSR count). The number of anilines is 3. The summed E-state index contributed by atoms with van der Waals surface area (Å²) in [4.78, 5) is 20.4. The maximum Gasteiger partial charge on any atom is 0.416 e. The summed E-state index contributed by atoms with van der Waals surface area (Å²) in [5.74, 6) is -0.315. The number of nitrogens with one attached hydrogen (secondary N) is 2. The molecule has 0 saturated heterocycles. The Bertz CT molecular complexity index is 956. The van der Waals surface area contributed by atoms with Crippen molar-refractivity contribution in [1.82, 2.24) is 9.97 Å². The van der Waals surface area contributed by atoms with E-state index in [0.717, 1.165) is 17.7 Å². The first-order valence-corrected chi connectivity index (χ1v) is 7.96. The van der Waals surface area contributed by atoms with Gasteiger partial charge < -0.3 is 10.6 Å². The Balaban J connectivity index is 1.72. The van der Waals surface area contributed by atoms with Crippen molar-refractivity contribution in [3.63, 3.8) is 0 Å². The first-order chi connectivity index (χ1) is 12.8. The molecule has 0 aliphatic carbocycles. The van der Waals surface area contributed by atoms with E-state index in [2.05, 4.69) is 20.6 Å². The van der Waals surface area contributed by atoms with Crippen molar-refractivity contribution in [2.24, 2.45) is 0 Å². The minimum atomic E-state index is -4.40. The molecule has 27 heavy (non-hydrogen) atoms. The van der Waals surface area contributed by atoms with E-state index in [4.69, 9.17) is 0 Å². The van der Waals surface area contributed by atoms with E-state index in [0.29, 0.717) is 11.4 Å². The van der Waals surface area contributed by atoms with Crippen LogP contribution in [-0.4, -0.2) is 15.9 Å². The van der Waals surface area contributed by atoms with Gasteiger partial charge in [0.25, 0.3) is 5.91 Å². The summed E-state index contributed by atoms with van der Waals surface area (Å²) in [7, 11) is 0. The molecule has 1 amide bonds. The Morgan fingerprint density at radius 1 is 1.00 bits per heavy atom. The van der Waals surface area contributed by atoms with Crippen molar-refractivity contribution < 1.29 is 18.0 Å². The normalized spacial score (nSPS) is 11.1. The van der Waals surface area contributed by atoms with Gasteiger partial charge in [-0.3, -0.25) is 4.79 Å². The molecule has 3 aromatic rings. The average molecular weight is 372 g/mol. The van der Waals surface area contributed by atoms with Crippen LogP contribution in [0.2, 0.25) is 0 Å². The summed E-state index contributed by atoms with van der Waals surface area (Å²) < 4.78 is 37.8. The largest absolute Gasteiger partial charge is 0.416 e. The van der Waals surface area contributed by atoms with Gasteiger partial charge in [-0.15, -0.1) is 0 Å². The Labute approximate surface area is 153 Å². The van der Waals surface area contributed by atoms with Gasteiger partial charge in [0, 0.05) is 17.6 Å². The summed E-state index contributed by atoms with van der Waals surface area (Å²) in [6, 6.07) is 13.2. The molecule has 0 bridgehead atoms. The molecule has 0 radical (unpaired) electrons. The predicted octanol–water partition coefficient (Wildman–Crippen LogP) is 4.80. The van der Waals surface area contributed by atoms with Crippen molar-refractivity contribution >= 4 is 23.2 Å². The van der Waals surface area contributed by atoms with Crippen molar-refractivity contribution in [3.05, 3.63) is 77.6 Å². The van der Waals surface area contributed by atoms with Crippen LogP contribution in [-0.2, 0) is 6.18 Å². The fourth-order valence-corrected chi connectivity index (χ4v) is 2.33. The minimum Gasteiger partial charge on any atom is -0.324 e. The van der Waals surface area contributed by atoms with Crippen LogP contribution in [0.25, 0.3) is 0 Å². The number of carbonyl (C=O) groups is 1. The standard InChI is InChI=1S/C19H15F3N4O/c1-12-3-2-4-15(11-12)24-17(27)16-9-10-23-18(26-16)25-14-7-5-13(6-8-14)19(20,21)22/h2-11H,1H3,(H,24,27)(H,23,25,26). The van der Waals surface area contributed by atoms with Crippen LogP contribution >= 0.6 is 0 Å². The monoisotopic (exact) mass is 372 g/mol. The van der Waals surface area contributed by atoms with E-state index in [1.54, 1.807) is 6.07 Å². The Morgan fingerprint density at radius 2 is 1.74 bits per heavy atom. The number of halogens is 3. The smallest absolute Gasteiger partial charge is 0.324 e. The molecule has 1 aromatic heterocycles. The molecule has 0 atom stereocenters. The SMILES string of the molecule is Cc1cccc(NC(=O)c2ccnc(Nc3ccc(C(F)(F)F)cc3)n2)c1. The number of carbonyl (C=O) groups excluding carboxylic acids is 1. The highest BCUT2D eigenvalue weighted by Crippen LogP contribution is 2.30. The van der Waals surface area contributed by atoms with Crippen LogP contribution in [0.1, 0.15) is 21.6 Å². The summed E-state index contributed by atoms with van der Waals surface area (Å²) in [5.41, 5.74) is 1.39. The fraction of sp³-hybridized carbons (Fsp3) is 0.105. The number of aromatic nitrogens is 2. The van der Waals surface area contributed by atoms with Crippen LogP contribution in [0, 0.1) is 6.92 Å². The Kier molecular flexibility index (Phi) is 5.07. The van der Waals surface area contributed by atoms with Gasteiger partial charge in [0.2, 0.25) is 5.95 Å². The van der Waals surface area contributed by atoms with Crippen molar-refractivity contribution in [2.45, 2.75) is 13.1 Å². The minimum absolute atomic E-state index is 0.103. The van der Waals surface area contributed by atoms with Gasteiger partial charge in [0.05, 0.1) is 5.56 Å². The predicted molar refractivity (Wildman–Crippen MR) is 95.9 cm³/mol. The molecule has 8 heteroatoms. The molecule has 2 N–H and O–H groups in total. The second-order valence-corrected chi connectivity index (χ2v) is 5.79. The lowest BCUT2D eigenvalue weighted by atomic mass is 10.2. The lowest BCUT2D eigenvalue weighted by Crippen LogP contribution is -2.14. The fourth-order valence-electron chi connectivity index (χ4n) is 2.33. The van der Waals surface area contributed by atoms with Gasteiger partial charge >= 0.3 is 6.18 Å². The molecule has 0 fully saturated rings. The van der Waals surface area contributed by atoms with Crippen molar-refractivity contribution in [2.75, 3.05) is 10.6 Å². The van der Waals surface area contributed by atoms with E-state index < -0.39 is 17.6 Å². The molecular formula is C19H15F3N4O. The third-order valence-corrected chi connectivity index (χ3v) is 3.63. The lowest BCUT2D eigenvalue weighted by Gasteiger charge is -2.09. The van der Waals surface area contributed by atoms with Crippen LogP contribution in [0.3, 0.4) is 0 Å². The maximum absolute atomic E-state index is 12.6. The number of hydrogen-bond donors (Lipinski definition) is 2. The first-order valence-electron chi connectivity index (χ1n) is 7.96. The van der Waals surface area contributed by atoms with E-state index in [1.807, 2.05) is 25.1 Å². The number of amides is 1. The summed E-state index contributed by atoms with van der Waals surface area (Å²) >= 11 is 0. The molecule has 5 nitrogen and oxygen atoms in total. The maximum atomic E-state index is 12.6. The highest BCUT2D eigenvalue weighted by molar-refractivity contribution is 6.03. The second-order valence-electron chi connectivity index (χ2n) is 5.79. The number of rotatable bonds is 4. The number of hydrogen-bond acceptors (Lipinski definition) is 4. The van der Waals surface area contributed by atoms with Crippen LogP contribution in [0.4, 0.5) is 30.5 Å². The highest BCUT2D eigenvalue weighted by atomic mass is 19.4. The molecule has 0 saturated carbocycles. The number of aryl methyl sites for hydroxylation is 1. The van der Waals surface area contributed by atoms with E-state index >= 15 is 0 Å². The summed E-state index contributed by atoms with van der Waals surface area (Å²) in [5, 5.41) is 5.51. The van der Waals surface area contributed by atoms with E-state index in [-0.39, 0.29) is 11.6 Å². The third kappa shape index (κ3) is 4.81. The van der Waals surface area contributed by atoms with Crippen molar-refractivity contribution in [3.8, 4) is 0 Å². The summed E-state index contributed by atoms with van der Waals surface area (Å²) in [6.07, 6.45) is -3.01. The Morgan fingerprint density at radius 3 is 2.41 bits per heavy atom. The van der Waals surface area contributed by atoms with Crippen LogP contribution in [0.15, 0.2) is 60.8 Å². The number of alkyl halides is 3. The molecule has 2 aromatic carbocycles. The van der Waals surface area contributed by atoms with Crippen LogP contribution < -0.4 is 10.6 Å². The first kappa shape index (κ1) is 18.4. The summed E-state index contributed by atoms with van der Waals surface area (Å²) in [6.45, 7) is 1.91. The zero-order chi connectivity index (χ0) is 19.4. The van der Waals surface area contributed by atoms with Gasteiger partial charge in [0.15, 0.2) is 0 Å². The van der Waals surface area contributed by atoms with E-state index in [9.17, 15) is 18.0 Å². The number of nitrogens with zero attached hydrogens (tertiary/aromatic N) is 2. The third-order valence-electron chi connectivity index (χ3n) is 3.63. The van der Waals surface area contributed by atoms with Crippen LogP contribution in [0.5, 0.6) is 0 Å². The zero-order valence-electron chi connectivity index (χ0n) is 14.2. The molecule has 138 valence electrons. The molecule has 1 heterocycles. The Hall–Kier alpha value is -3.42. The van der Waals surface area contributed by atoms with Crippen molar-refractivity contribution in [1.29, 1.82) is 0 Å². The molecule has 0 unspecified atom stereocenters. The molecule has 0 aliphatic rings. The van der Waals surface area contributed by atoms with Gasteiger partial charge in [-0.05, 0) is 55.0 Å². The lowest BCUT2D eigenvalue weighted by molar-refractivity contribution is -0.137. The molecule has 0 aliphatic heterocycles. The highest BCUT2D eigenvalue weighted by Gasteiger charge is 2.29. The number of benzene rings is 2. The van der Waals surface area contributed by atoms with Gasteiger partial charge in [-0.25, -0.2) is 9.97 Å². The van der Waals surface area contributed by atoms with Gasteiger partial charge in [-0.1, -0.05) is 12.1 Å². The second kappa shape index (κ2) is 7.45. The average Bonchev–Trinajstić information content (AvgIpc) is 2.62. The van der Waals surface area contributed by atoms with E-state index in [1.165, 1.54) is 24.4 Å².